The monoisotopic (exact) mass is 359 g/mol. The van der Waals surface area contributed by atoms with Crippen molar-refractivity contribution in [1.82, 2.24) is 9.55 Å². The third kappa shape index (κ3) is 3.13. The van der Waals surface area contributed by atoms with Crippen LogP contribution >= 0.6 is 11.3 Å². The van der Waals surface area contributed by atoms with Crippen LogP contribution in [0, 0.1) is 0 Å². The van der Waals surface area contributed by atoms with E-state index in [0.29, 0.717) is 39.3 Å². The number of rotatable bonds is 5. The molecular formula is C17H17N3O4S. The van der Waals surface area contributed by atoms with Crippen molar-refractivity contribution >= 4 is 34.0 Å². The summed E-state index contributed by atoms with van der Waals surface area (Å²) in [5.41, 5.74) is 2.35. The van der Waals surface area contributed by atoms with Crippen LogP contribution in [0.1, 0.15) is 35.7 Å². The third-order valence-electron chi connectivity index (χ3n) is 3.83. The second kappa shape index (κ2) is 7.04. The molecule has 1 unspecified atom stereocenters. The van der Waals surface area contributed by atoms with E-state index in [1.54, 1.807) is 29.6 Å². The number of aliphatic hydroxyl groups is 1. The van der Waals surface area contributed by atoms with Gasteiger partial charge >= 0.3 is 6.09 Å². The Morgan fingerprint density at radius 1 is 1.44 bits per heavy atom. The van der Waals surface area contributed by atoms with Gasteiger partial charge in [0, 0.05) is 22.5 Å². The van der Waals surface area contributed by atoms with E-state index in [0.717, 1.165) is 4.57 Å². The van der Waals surface area contributed by atoms with E-state index >= 15 is 0 Å². The van der Waals surface area contributed by atoms with Crippen LogP contribution in [0.4, 0.5) is 4.79 Å². The molecule has 0 amide bonds. The molecule has 2 N–H and O–H groups in total. The van der Waals surface area contributed by atoms with Crippen molar-refractivity contribution in [1.29, 1.82) is 0 Å². The number of nitrogens with zero attached hydrogens (tertiary/aromatic N) is 3. The molecule has 25 heavy (non-hydrogen) atoms. The molecule has 0 aliphatic carbocycles. The van der Waals surface area contributed by atoms with Crippen LogP contribution in [0.25, 0.3) is 10.9 Å². The fraction of sp³-hybridized carbons (Fsp3) is 0.235. The fourth-order valence-electron chi connectivity index (χ4n) is 2.66. The largest absolute Gasteiger partial charge is 0.464 e. The standard InChI is InChI=1S/C17H17N3O4S/c1-3-12(19-24-2)13-9-25-16(18-13)15(21)11-8-20(17(22)23)14-7-5-4-6-10(11)14/h4-9,15,21H,3H2,1-2H3,(H,22,23). The number of aliphatic hydroxyl groups excluding tert-OH is 1. The summed E-state index contributed by atoms with van der Waals surface area (Å²) in [6.07, 6.45) is -0.0476. The number of oxime groups is 1. The van der Waals surface area contributed by atoms with Crippen LogP contribution in [-0.4, -0.2) is 38.7 Å². The second-order valence-electron chi connectivity index (χ2n) is 5.30. The molecule has 8 heteroatoms. The highest BCUT2D eigenvalue weighted by molar-refractivity contribution is 7.10. The Bertz CT molecular complexity index is 944. The number of benzene rings is 1. The summed E-state index contributed by atoms with van der Waals surface area (Å²) in [5.74, 6) is 0. The molecule has 0 saturated carbocycles. The maximum absolute atomic E-state index is 11.4. The van der Waals surface area contributed by atoms with Crippen LogP contribution in [0.15, 0.2) is 41.0 Å². The van der Waals surface area contributed by atoms with Crippen molar-refractivity contribution < 1.29 is 19.8 Å². The lowest BCUT2D eigenvalue weighted by Gasteiger charge is -2.06. The third-order valence-corrected chi connectivity index (χ3v) is 4.73. The lowest BCUT2D eigenvalue weighted by atomic mass is 10.1. The Hall–Kier alpha value is -2.71. The Kier molecular flexibility index (Phi) is 4.82. The summed E-state index contributed by atoms with van der Waals surface area (Å²) in [5, 5.41) is 27.0. The molecule has 0 saturated heterocycles. The highest BCUT2D eigenvalue weighted by atomic mass is 32.1. The minimum absolute atomic E-state index is 0.473. The Balaban J connectivity index is 2.03. The number of carbonyl (C=O) groups is 1. The summed E-state index contributed by atoms with van der Waals surface area (Å²) in [6.45, 7) is 1.94. The summed E-state index contributed by atoms with van der Waals surface area (Å²) in [6, 6.07) is 7.05. The highest BCUT2D eigenvalue weighted by Gasteiger charge is 2.22. The molecule has 130 valence electrons. The van der Waals surface area contributed by atoms with Gasteiger partial charge in [-0.3, -0.25) is 4.57 Å². The van der Waals surface area contributed by atoms with Gasteiger partial charge in [-0.2, -0.15) is 0 Å². The SMILES string of the molecule is CCC(=NOC)c1csc(C(O)c2cn(C(=O)O)c3ccccc23)n1. The molecule has 2 heterocycles. The van der Waals surface area contributed by atoms with Crippen LogP contribution in [0.3, 0.4) is 0 Å². The van der Waals surface area contributed by atoms with E-state index in [9.17, 15) is 15.0 Å². The Labute approximate surface area is 147 Å². The van der Waals surface area contributed by atoms with Gasteiger partial charge in [0.15, 0.2) is 0 Å². The average molecular weight is 359 g/mol. The predicted molar refractivity (Wildman–Crippen MR) is 95.4 cm³/mol. The van der Waals surface area contributed by atoms with Crippen molar-refractivity contribution in [2.75, 3.05) is 7.11 Å². The van der Waals surface area contributed by atoms with E-state index in [1.807, 2.05) is 6.92 Å². The molecule has 0 aliphatic rings. The fourth-order valence-corrected chi connectivity index (χ4v) is 3.49. The molecule has 0 bridgehead atoms. The molecule has 1 atom stereocenters. The molecule has 1 aromatic carbocycles. The average Bonchev–Trinajstić information content (AvgIpc) is 3.24. The van der Waals surface area contributed by atoms with Gasteiger partial charge in [-0.25, -0.2) is 9.78 Å². The predicted octanol–water partition coefficient (Wildman–Crippen LogP) is 3.47. The van der Waals surface area contributed by atoms with Crippen LogP contribution < -0.4 is 0 Å². The number of para-hydroxylation sites is 1. The van der Waals surface area contributed by atoms with E-state index in [4.69, 9.17) is 4.84 Å². The van der Waals surface area contributed by atoms with E-state index in [-0.39, 0.29) is 0 Å². The molecule has 0 spiro atoms. The molecule has 0 radical (unpaired) electrons. The normalized spacial score (nSPS) is 13.2. The highest BCUT2D eigenvalue weighted by Crippen LogP contribution is 2.32. The summed E-state index contributed by atoms with van der Waals surface area (Å²) < 4.78 is 1.10. The quantitative estimate of drug-likeness (QED) is 0.537. The molecule has 0 fully saturated rings. The Morgan fingerprint density at radius 2 is 2.20 bits per heavy atom. The van der Waals surface area contributed by atoms with Gasteiger partial charge in [0.25, 0.3) is 0 Å². The van der Waals surface area contributed by atoms with E-state index in [1.165, 1.54) is 24.6 Å². The van der Waals surface area contributed by atoms with Crippen molar-refractivity contribution in [3.63, 3.8) is 0 Å². The molecule has 3 aromatic rings. The van der Waals surface area contributed by atoms with Crippen molar-refractivity contribution in [2.45, 2.75) is 19.4 Å². The lowest BCUT2D eigenvalue weighted by molar-refractivity contribution is 0.197. The zero-order valence-corrected chi connectivity index (χ0v) is 14.5. The minimum Gasteiger partial charge on any atom is -0.464 e. The van der Waals surface area contributed by atoms with Gasteiger partial charge in [-0.15, -0.1) is 11.3 Å². The molecule has 7 nitrogen and oxygen atoms in total. The maximum Gasteiger partial charge on any atom is 0.416 e. The molecular weight excluding hydrogens is 342 g/mol. The molecule has 2 aromatic heterocycles. The van der Waals surface area contributed by atoms with Crippen LogP contribution in [-0.2, 0) is 4.84 Å². The van der Waals surface area contributed by atoms with Gasteiger partial charge in [0.05, 0.1) is 11.2 Å². The number of fused-ring (bicyclic) bond motifs is 1. The number of aromatic nitrogens is 2. The van der Waals surface area contributed by atoms with Gasteiger partial charge < -0.3 is 15.1 Å². The first-order valence-electron chi connectivity index (χ1n) is 7.64. The summed E-state index contributed by atoms with van der Waals surface area (Å²) in [7, 11) is 1.47. The molecule has 0 aliphatic heterocycles. The van der Waals surface area contributed by atoms with Crippen molar-refractivity contribution in [3.8, 4) is 0 Å². The zero-order chi connectivity index (χ0) is 18.0. The Morgan fingerprint density at radius 3 is 2.88 bits per heavy atom. The minimum atomic E-state index is -1.10. The number of carboxylic acid groups (broad SMARTS) is 1. The maximum atomic E-state index is 11.4. The van der Waals surface area contributed by atoms with Crippen molar-refractivity contribution in [2.24, 2.45) is 5.16 Å². The first-order chi connectivity index (χ1) is 12.1. The van der Waals surface area contributed by atoms with Crippen LogP contribution in [0.2, 0.25) is 0 Å². The lowest BCUT2D eigenvalue weighted by Crippen LogP contribution is -2.06. The van der Waals surface area contributed by atoms with E-state index in [2.05, 4.69) is 10.1 Å². The first-order valence-corrected chi connectivity index (χ1v) is 8.52. The van der Waals surface area contributed by atoms with Gasteiger partial charge in [-0.1, -0.05) is 30.3 Å². The number of hydrogen-bond acceptors (Lipinski definition) is 6. The topological polar surface area (TPSA) is 96.9 Å². The smallest absolute Gasteiger partial charge is 0.416 e. The number of thiazole rings is 1. The van der Waals surface area contributed by atoms with Gasteiger partial charge in [-0.05, 0) is 12.5 Å². The number of hydrogen-bond donors (Lipinski definition) is 2. The van der Waals surface area contributed by atoms with Gasteiger partial charge in [0.1, 0.15) is 23.9 Å². The summed E-state index contributed by atoms with van der Waals surface area (Å²) >= 11 is 1.29. The van der Waals surface area contributed by atoms with E-state index < -0.39 is 12.2 Å². The first kappa shape index (κ1) is 17.1. The van der Waals surface area contributed by atoms with Crippen LogP contribution in [0.5, 0.6) is 0 Å². The van der Waals surface area contributed by atoms with Crippen molar-refractivity contribution in [3.05, 3.63) is 52.1 Å². The molecule has 3 rings (SSSR count). The second-order valence-corrected chi connectivity index (χ2v) is 6.19. The van der Waals surface area contributed by atoms with Gasteiger partial charge in [0.2, 0.25) is 0 Å². The summed E-state index contributed by atoms with van der Waals surface area (Å²) in [4.78, 5) is 20.7. The zero-order valence-electron chi connectivity index (χ0n) is 13.7.